The van der Waals surface area contributed by atoms with Crippen molar-refractivity contribution in [1.29, 1.82) is 0 Å². The fraction of sp³-hybridized carbons (Fsp3) is 0.867. The minimum Gasteiger partial charge on any atom is -0.376 e. The number of hydrogen-bond acceptors (Lipinski definition) is 3. The lowest BCUT2D eigenvalue weighted by Crippen LogP contribution is -2.45. The lowest BCUT2D eigenvalue weighted by atomic mass is 9.99. The number of nitrogens with zero attached hydrogens (tertiary/aromatic N) is 1. The van der Waals surface area contributed by atoms with Crippen LogP contribution in [0.5, 0.6) is 0 Å². The molecule has 2 rings (SSSR count). The molecule has 5 nitrogen and oxygen atoms in total. The SMILES string of the molecule is CCC1CCCCN1C(=O)CC(=O)NCC1CCCO1. The second-order valence-corrected chi connectivity index (χ2v) is 5.76. The van der Waals surface area contributed by atoms with Gasteiger partial charge in [-0.25, -0.2) is 0 Å². The second-order valence-electron chi connectivity index (χ2n) is 5.76. The summed E-state index contributed by atoms with van der Waals surface area (Å²) in [7, 11) is 0. The van der Waals surface area contributed by atoms with Gasteiger partial charge in [0.05, 0.1) is 6.10 Å². The van der Waals surface area contributed by atoms with Crippen molar-refractivity contribution in [3.8, 4) is 0 Å². The van der Waals surface area contributed by atoms with Gasteiger partial charge in [0.15, 0.2) is 0 Å². The molecule has 2 fully saturated rings. The van der Waals surface area contributed by atoms with Crippen LogP contribution in [-0.2, 0) is 14.3 Å². The first-order valence-corrected chi connectivity index (χ1v) is 7.88. The Kier molecular flexibility index (Phi) is 5.83. The van der Waals surface area contributed by atoms with Gasteiger partial charge in [0.2, 0.25) is 11.8 Å². The largest absolute Gasteiger partial charge is 0.376 e. The van der Waals surface area contributed by atoms with Crippen LogP contribution < -0.4 is 5.32 Å². The van der Waals surface area contributed by atoms with Crippen molar-refractivity contribution in [1.82, 2.24) is 10.2 Å². The third kappa shape index (κ3) is 4.20. The highest BCUT2D eigenvalue weighted by Gasteiger charge is 2.26. The van der Waals surface area contributed by atoms with Gasteiger partial charge in [-0.15, -0.1) is 0 Å². The first-order chi connectivity index (χ1) is 9.70. The first-order valence-electron chi connectivity index (χ1n) is 7.88. The molecule has 0 spiro atoms. The van der Waals surface area contributed by atoms with E-state index in [9.17, 15) is 9.59 Å². The van der Waals surface area contributed by atoms with Crippen molar-refractivity contribution >= 4 is 11.8 Å². The molecular weight excluding hydrogens is 256 g/mol. The molecule has 20 heavy (non-hydrogen) atoms. The van der Waals surface area contributed by atoms with Crippen LogP contribution in [0, 0.1) is 0 Å². The number of hydrogen-bond donors (Lipinski definition) is 1. The summed E-state index contributed by atoms with van der Waals surface area (Å²) in [5, 5.41) is 2.82. The fourth-order valence-electron chi connectivity index (χ4n) is 3.09. The van der Waals surface area contributed by atoms with Crippen LogP contribution in [0.25, 0.3) is 0 Å². The van der Waals surface area contributed by atoms with Crippen LogP contribution in [0.4, 0.5) is 0 Å². The summed E-state index contributed by atoms with van der Waals surface area (Å²) in [6.07, 6.45) is 6.45. The zero-order valence-corrected chi connectivity index (χ0v) is 12.4. The lowest BCUT2D eigenvalue weighted by Gasteiger charge is -2.35. The van der Waals surface area contributed by atoms with Gasteiger partial charge in [-0.3, -0.25) is 9.59 Å². The average Bonchev–Trinajstić information content (AvgIpc) is 2.98. The molecule has 114 valence electrons. The molecule has 1 N–H and O–H groups in total. The number of carbonyl (C=O) groups is 2. The van der Waals surface area contributed by atoms with Crippen LogP contribution in [-0.4, -0.2) is 48.6 Å². The normalized spacial score (nSPS) is 26.6. The Morgan fingerprint density at radius 3 is 2.80 bits per heavy atom. The zero-order chi connectivity index (χ0) is 14.4. The fourth-order valence-corrected chi connectivity index (χ4v) is 3.09. The van der Waals surface area contributed by atoms with E-state index in [1.165, 1.54) is 6.42 Å². The predicted molar refractivity (Wildman–Crippen MR) is 76.2 cm³/mol. The quantitative estimate of drug-likeness (QED) is 0.777. The Hall–Kier alpha value is -1.10. The van der Waals surface area contributed by atoms with Crippen molar-refractivity contribution in [3.05, 3.63) is 0 Å². The summed E-state index contributed by atoms with van der Waals surface area (Å²) in [5.74, 6) is -0.202. The monoisotopic (exact) mass is 282 g/mol. The van der Waals surface area contributed by atoms with Crippen molar-refractivity contribution in [3.63, 3.8) is 0 Å². The Bertz CT molecular complexity index is 340. The van der Waals surface area contributed by atoms with Crippen LogP contribution in [0.15, 0.2) is 0 Å². The van der Waals surface area contributed by atoms with Gasteiger partial charge in [0.25, 0.3) is 0 Å². The Morgan fingerprint density at radius 2 is 2.10 bits per heavy atom. The molecule has 0 bridgehead atoms. The second kappa shape index (κ2) is 7.62. The number of piperidine rings is 1. The van der Waals surface area contributed by atoms with E-state index in [1.54, 1.807) is 0 Å². The van der Waals surface area contributed by atoms with Gasteiger partial charge in [0, 0.05) is 25.7 Å². The van der Waals surface area contributed by atoms with Crippen LogP contribution >= 0.6 is 0 Å². The minimum absolute atomic E-state index is 0.0246. The van der Waals surface area contributed by atoms with E-state index in [-0.39, 0.29) is 24.3 Å². The van der Waals surface area contributed by atoms with Gasteiger partial charge < -0.3 is 15.0 Å². The van der Waals surface area contributed by atoms with E-state index in [0.29, 0.717) is 12.6 Å². The Balaban J connectivity index is 1.73. The molecule has 2 atom stereocenters. The number of carbonyl (C=O) groups excluding carboxylic acids is 2. The van der Waals surface area contributed by atoms with Crippen molar-refractivity contribution < 1.29 is 14.3 Å². The van der Waals surface area contributed by atoms with E-state index in [4.69, 9.17) is 4.74 Å². The molecule has 5 heteroatoms. The number of ether oxygens (including phenoxy) is 1. The molecule has 2 saturated heterocycles. The molecule has 0 aromatic carbocycles. The van der Waals surface area contributed by atoms with Crippen LogP contribution in [0.1, 0.15) is 51.9 Å². The molecule has 0 saturated carbocycles. The highest BCUT2D eigenvalue weighted by Crippen LogP contribution is 2.20. The molecule has 0 radical (unpaired) electrons. The molecule has 2 heterocycles. The molecule has 2 amide bonds. The van der Waals surface area contributed by atoms with Crippen molar-refractivity contribution in [2.24, 2.45) is 0 Å². The number of nitrogens with one attached hydrogen (secondary N) is 1. The lowest BCUT2D eigenvalue weighted by molar-refractivity contribution is -0.139. The molecule has 2 aliphatic rings. The van der Waals surface area contributed by atoms with E-state index in [1.807, 2.05) is 4.90 Å². The standard InChI is InChI=1S/C15H26N2O3/c1-2-12-6-3-4-8-17(12)15(19)10-14(18)16-11-13-7-5-9-20-13/h12-13H,2-11H2,1H3,(H,16,18). The maximum atomic E-state index is 12.2. The van der Waals surface area contributed by atoms with Gasteiger partial charge in [-0.05, 0) is 38.5 Å². The molecule has 2 unspecified atom stereocenters. The average molecular weight is 282 g/mol. The van der Waals surface area contributed by atoms with E-state index >= 15 is 0 Å². The number of rotatable bonds is 5. The third-order valence-corrected chi connectivity index (χ3v) is 4.28. The summed E-state index contributed by atoms with van der Waals surface area (Å²) in [4.78, 5) is 25.9. The van der Waals surface area contributed by atoms with Gasteiger partial charge in [0.1, 0.15) is 6.42 Å². The summed E-state index contributed by atoms with van der Waals surface area (Å²) in [5.41, 5.74) is 0. The zero-order valence-electron chi connectivity index (χ0n) is 12.4. The Labute approximate surface area is 121 Å². The number of amides is 2. The van der Waals surface area contributed by atoms with Gasteiger partial charge >= 0.3 is 0 Å². The highest BCUT2D eigenvalue weighted by molar-refractivity contribution is 5.97. The maximum absolute atomic E-state index is 12.2. The molecule has 2 aliphatic heterocycles. The van der Waals surface area contributed by atoms with E-state index < -0.39 is 0 Å². The molecular formula is C15H26N2O3. The minimum atomic E-state index is -0.175. The molecule has 0 aliphatic carbocycles. The molecule has 0 aromatic rings. The van der Waals surface area contributed by atoms with Crippen LogP contribution in [0.3, 0.4) is 0 Å². The van der Waals surface area contributed by atoms with Gasteiger partial charge in [-0.1, -0.05) is 6.92 Å². The Morgan fingerprint density at radius 1 is 1.25 bits per heavy atom. The van der Waals surface area contributed by atoms with Crippen molar-refractivity contribution in [2.45, 2.75) is 64.0 Å². The van der Waals surface area contributed by atoms with E-state index in [2.05, 4.69) is 12.2 Å². The third-order valence-electron chi connectivity index (χ3n) is 4.28. The highest BCUT2D eigenvalue weighted by atomic mass is 16.5. The summed E-state index contributed by atoms with van der Waals surface area (Å²) in [6, 6.07) is 0.321. The summed E-state index contributed by atoms with van der Waals surface area (Å²) < 4.78 is 5.45. The summed E-state index contributed by atoms with van der Waals surface area (Å²) >= 11 is 0. The number of likely N-dealkylation sites (tertiary alicyclic amines) is 1. The first kappa shape index (κ1) is 15.3. The molecule has 0 aromatic heterocycles. The van der Waals surface area contributed by atoms with Crippen LogP contribution in [0.2, 0.25) is 0 Å². The summed E-state index contributed by atoms with van der Waals surface area (Å²) in [6.45, 7) is 4.22. The van der Waals surface area contributed by atoms with Crippen molar-refractivity contribution in [2.75, 3.05) is 19.7 Å². The van der Waals surface area contributed by atoms with Gasteiger partial charge in [-0.2, -0.15) is 0 Å². The van der Waals surface area contributed by atoms with E-state index in [0.717, 1.165) is 45.3 Å². The smallest absolute Gasteiger partial charge is 0.232 e. The predicted octanol–water partition coefficient (Wildman–Crippen LogP) is 1.46. The topological polar surface area (TPSA) is 58.6 Å². The maximum Gasteiger partial charge on any atom is 0.232 e.